The van der Waals surface area contributed by atoms with E-state index in [1.54, 1.807) is 0 Å². The first-order valence-corrected chi connectivity index (χ1v) is 4.31. The Hall–Kier alpha value is -0.670. The van der Waals surface area contributed by atoms with Crippen molar-refractivity contribution in [1.29, 1.82) is 0 Å². The van der Waals surface area contributed by atoms with Gasteiger partial charge in [-0.05, 0) is 17.7 Å². The maximum atomic E-state index is 10.5. The number of halogens is 1. The summed E-state index contributed by atoms with van der Waals surface area (Å²) in [5, 5.41) is 0. The molecule has 1 rings (SSSR count). The zero-order valence-electron chi connectivity index (χ0n) is 6.66. The summed E-state index contributed by atoms with van der Waals surface area (Å²) in [5.41, 5.74) is 0.863. The molecule has 0 spiro atoms. The SMILES string of the molecule is COC(C=O)c1cccc(Br)c1. The molecule has 0 aromatic heterocycles. The van der Waals surface area contributed by atoms with Gasteiger partial charge in [-0.3, -0.25) is 0 Å². The summed E-state index contributed by atoms with van der Waals surface area (Å²) < 4.78 is 5.90. The summed E-state index contributed by atoms with van der Waals surface area (Å²) in [6.45, 7) is 0. The van der Waals surface area contributed by atoms with Gasteiger partial charge in [-0.2, -0.15) is 0 Å². The van der Waals surface area contributed by atoms with Crippen LogP contribution >= 0.6 is 15.9 Å². The molecule has 64 valence electrons. The fraction of sp³-hybridized carbons (Fsp3) is 0.222. The van der Waals surface area contributed by atoms with Crippen molar-refractivity contribution in [3.05, 3.63) is 34.3 Å². The highest BCUT2D eigenvalue weighted by Crippen LogP contribution is 2.18. The van der Waals surface area contributed by atoms with E-state index in [0.29, 0.717) is 0 Å². The highest BCUT2D eigenvalue weighted by atomic mass is 79.9. The fourth-order valence-corrected chi connectivity index (χ4v) is 1.37. The molecule has 1 aromatic carbocycles. The Morgan fingerprint density at radius 1 is 1.58 bits per heavy atom. The number of hydrogen-bond donors (Lipinski definition) is 0. The van der Waals surface area contributed by atoms with Crippen LogP contribution in [0.5, 0.6) is 0 Å². The van der Waals surface area contributed by atoms with Crippen LogP contribution in [-0.2, 0) is 9.53 Å². The van der Waals surface area contributed by atoms with Crippen molar-refractivity contribution in [3.8, 4) is 0 Å². The van der Waals surface area contributed by atoms with Gasteiger partial charge in [0, 0.05) is 11.6 Å². The van der Waals surface area contributed by atoms with Crippen molar-refractivity contribution >= 4 is 22.2 Å². The van der Waals surface area contributed by atoms with Crippen LogP contribution in [0.15, 0.2) is 28.7 Å². The number of rotatable bonds is 3. The van der Waals surface area contributed by atoms with E-state index in [4.69, 9.17) is 4.74 Å². The molecule has 0 amide bonds. The number of aldehydes is 1. The molecule has 0 heterocycles. The van der Waals surface area contributed by atoms with Gasteiger partial charge in [0.25, 0.3) is 0 Å². The Bertz CT molecular complexity index is 273. The monoisotopic (exact) mass is 228 g/mol. The number of methoxy groups -OCH3 is 1. The number of ether oxygens (including phenoxy) is 1. The van der Waals surface area contributed by atoms with Crippen molar-refractivity contribution in [2.24, 2.45) is 0 Å². The van der Waals surface area contributed by atoms with Gasteiger partial charge in [-0.25, -0.2) is 0 Å². The molecule has 2 nitrogen and oxygen atoms in total. The molecule has 0 saturated heterocycles. The molecule has 0 bridgehead atoms. The Kier molecular flexibility index (Phi) is 3.44. The van der Waals surface area contributed by atoms with Gasteiger partial charge in [-0.1, -0.05) is 28.1 Å². The Morgan fingerprint density at radius 3 is 2.83 bits per heavy atom. The summed E-state index contributed by atoms with van der Waals surface area (Å²) in [5.74, 6) is 0. The summed E-state index contributed by atoms with van der Waals surface area (Å²) >= 11 is 3.32. The van der Waals surface area contributed by atoms with Gasteiger partial charge in [0.1, 0.15) is 6.10 Å². The van der Waals surface area contributed by atoms with E-state index in [1.165, 1.54) is 7.11 Å². The van der Waals surface area contributed by atoms with Crippen molar-refractivity contribution in [3.63, 3.8) is 0 Å². The largest absolute Gasteiger partial charge is 0.369 e. The number of hydrogen-bond acceptors (Lipinski definition) is 2. The average molecular weight is 229 g/mol. The van der Waals surface area contributed by atoms with E-state index in [1.807, 2.05) is 24.3 Å². The summed E-state index contributed by atoms with van der Waals surface area (Å²) in [7, 11) is 1.51. The van der Waals surface area contributed by atoms with Gasteiger partial charge in [0.2, 0.25) is 0 Å². The van der Waals surface area contributed by atoms with Crippen LogP contribution in [0.25, 0.3) is 0 Å². The van der Waals surface area contributed by atoms with Crippen LogP contribution in [0.4, 0.5) is 0 Å². The Labute approximate surface area is 79.7 Å². The first-order chi connectivity index (χ1) is 5.77. The standard InChI is InChI=1S/C9H9BrO2/c1-12-9(6-11)7-3-2-4-8(10)5-7/h2-6,9H,1H3. The van der Waals surface area contributed by atoms with Crippen LogP contribution < -0.4 is 0 Å². The molecule has 1 unspecified atom stereocenters. The number of carbonyl (C=O) groups is 1. The highest BCUT2D eigenvalue weighted by Gasteiger charge is 2.07. The van der Waals surface area contributed by atoms with Crippen LogP contribution in [0, 0.1) is 0 Å². The first-order valence-electron chi connectivity index (χ1n) is 3.51. The summed E-state index contributed by atoms with van der Waals surface area (Å²) in [6.07, 6.45) is 0.324. The van der Waals surface area contributed by atoms with E-state index in [9.17, 15) is 4.79 Å². The van der Waals surface area contributed by atoms with Crippen LogP contribution in [-0.4, -0.2) is 13.4 Å². The molecule has 0 N–H and O–H groups in total. The molecule has 0 aliphatic heterocycles. The van der Waals surface area contributed by atoms with Gasteiger partial charge >= 0.3 is 0 Å². The average Bonchev–Trinajstić information content (AvgIpc) is 2.07. The lowest BCUT2D eigenvalue weighted by molar-refractivity contribution is -0.116. The van der Waals surface area contributed by atoms with E-state index in [2.05, 4.69) is 15.9 Å². The van der Waals surface area contributed by atoms with Crippen LogP contribution in [0.1, 0.15) is 11.7 Å². The molecule has 0 aliphatic carbocycles. The third-order valence-electron chi connectivity index (χ3n) is 1.55. The molecular formula is C9H9BrO2. The first kappa shape index (κ1) is 9.42. The molecule has 0 fully saturated rings. The van der Waals surface area contributed by atoms with Gasteiger partial charge in [0.15, 0.2) is 6.29 Å². The second-order valence-electron chi connectivity index (χ2n) is 2.35. The van der Waals surface area contributed by atoms with Crippen molar-refractivity contribution in [1.82, 2.24) is 0 Å². The molecule has 3 heteroatoms. The molecule has 12 heavy (non-hydrogen) atoms. The minimum absolute atomic E-state index is 0.456. The van der Waals surface area contributed by atoms with Gasteiger partial charge in [-0.15, -0.1) is 0 Å². The lowest BCUT2D eigenvalue weighted by Crippen LogP contribution is -2.01. The zero-order valence-corrected chi connectivity index (χ0v) is 8.24. The third kappa shape index (κ3) is 2.16. The quantitative estimate of drug-likeness (QED) is 0.743. The Morgan fingerprint density at radius 2 is 2.33 bits per heavy atom. The van der Waals surface area contributed by atoms with Crippen molar-refractivity contribution < 1.29 is 9.53 Å². The molecule has 1 atom stereocenters. The minimum Gasteiger partial charge on any atom is -0.369 e. The normalized spacial score (nSPS) is 12.5. The van der Waals surface area contributed by atoms with Crippen molar-refractivity contribution in [2.75, 3.05) is 7.11 Å². The van der Waals surface area contributed by atoms with Crippen LogP contribution in [0.2, 0.25) is 0 Å². The second-order valence-corrected chi connectivity index (χ2v) is 3.26. The van der Waals surface area contributed by atoms with E-state index < -0.39 is 6.10 Å². The lowest BCUT2D eigenvalue weighted by atomic mass is 10.1. The predicted octanol–water partition coefficient (Wildman–Crippen LogP) is 2.34. The minimum atomic E-state index is -0.456. The molecule has 0 aliphatic rings. The summed E-state index contributed by atoms with van der Waals surface area (Å²) in [6, 6.07) is 7.49. The lowest BCUT2D eigenvalue weighted by Gasteiger charge is -2.07. The molecule has 1 aromatic rings. The van der Waals surface area contributed by atoms with Crippen LogP contribution in [0.3, 0.4) is 0 Å². The molecule has 0 radical (unpaired) electrons. The van der Waals surface area contributed by atoms with E-state index in [-0.39, 0.29) is 0 Å². The maximum absolute atomic E-state index is 10.5. The molecular weight excluding hydrogens is 220 g/mol. The third-order valence-corrected chi connectivity index (χ3v) is 2.05. The number of benzene rings is 1. The van der Waals surface area contributed by atoms with E-state index >= 15 is 0 Å². The summed E-state index contributed by atoms with van der Waals surface area (Å²) in [4.78, 5) is 10.5. The number of carbonyl (C=O) groups excluding carboxylic acids is 1. The smallest absolute Gasteiger partial charge is 0.153 e. The zero-order chi connectivity index (χ0) is 8.97. The second kappa shape index (κ2) is 4.38. The van der Waals surface area contributed by atoms with Crippen molar-refractivity contribution in [2.45, 2.75) is 6.10 Å². The Balaban J connectivity index is 2.93. The molecule has 0 saturated carbocycles. The predicted molar refractivity (Wildman–Crippen MR) is 50.0 cm³/mol. The fourth-order valence-electron chi connectivity index (χ4n) is 0.954. The van der Waals surface area contributed by atoms with E-state index in [0.717, 1.165) is 16.3 Å². The topological polar surface area (TPSA) is 26.3 Å². The van der Waals surface area contributed by atoms with Gasteiger partial charge in [0.05, 0.1) is 0 Å². The highest BCUT2D eigenvalue weighted by molar-refractivity contribution is 9.10. The van der Waals surface area contributed by atoms with Gasteiger partial charge < -0.3 is 9.53 Å². The maximum Gasteiger partial charge on any atom is 0.153 e.